The van der Waals surface area contributed by atoms with Crippen LogP contribution >= 0.6 is 0 Å². The first-order valence-electron chi connectivity index (χ1n) is 5.43. The molecule has 3 aliphatic rings. The van der Waals surface area contributed by atoms with Crippen molar-refractivity contribution < 1.29 is 10.2 Å². The Morgan fingerprint density at radius 3 is 2.62 bits per heavy atom. The van der Waals surface area contributed by atoms with Crippen LogP contribution < -0.4 is 0 Å². The van der Waals surface area contributed by atoms with E-state index in [9.17, 15) is 10.2 Å². The molecule has 0 saturated heterocycles. The number of fused-ring (bicyclic) bond motifs is 2. The summed E-state index contributed by atoms with van der Waals surface area (Å²) in [6, 6.07) is 0. The highest BCUT2D eigenvalue weighted by Crippen LogP contribution is 2.60. The molecule has 3 fully saturated rings. The maximum atomic E-state index is 10.2. The van der Waals surface area contributed by atoms with E-state index >= 15 is 0 Å². The third-order valence-corrected chi connectivity index (χ3v) is 4.62. The Morgan fingerprint density at radius 1 is 1.08 bits per heavy atom. The molecule has 0 aliphatic heterocycles. The Balaban J connectivity index is 2.01. The van der Waals surface area contributed by atoms with Gasteiger partial charge in [-0.15, -0.1) is 0 Å². The lowest BCUT2D eigenvalue weighted by atomic mass is 9.65. The fourth-order valence-electron chi connectivity index (χ4n) is 4.37. The molecule has 3 bridgehead atoms. The maximum absolute atomic E-state index is 10.2. The second kappa shape index (κ2) is 2.12. The van der Waals surface area contributed by atoms with Gasteiger partial charge in [-0.05, 0) is 56.8 Å². The highest BCUT2D eigenvalue weighted by molar-refractivity contribution is 5.10. The van der Waals surface area contributed by atoms with E-state index in [1.165, 1.54) is 6.42 Å². The van der Waals surface area contributed by atoms with E-state index in [1.807, 2.05) is 6.92 Å². The van der Waals surface area contributed by atoms with Gasteiger partial charge in [-0.25, -0.2) is 0 Å². The van der Waals surface area contributed by atoms with Crippen molar-refractivity contribution in [2.24, 2.45) is 17.8 Å². The lowest BCUT2D eigenvalue weighted by molar-refractivity contribution is -0.0719. The second-order valence-electron chi connectivity index (χ2n) is 5.87. The summed E-state index contributed by atoms with van der Waals surface area (Å²) in [6.45, 7) is 1.97. The van der Waals surface area contributed by atoms with Crippen molar-refractivity contribution in [3.63, 3.8) is 0 Å². The van der Waals surface area contributed by atoms with Crippen LogP contribution in [-0.4, -0.2) is 21.4 Å². The predicted molar refractivity (Wildman–Crippen MR) is 49.1 cm³/mol. The Bertz CT molecular complexity index is 246. The molecule has 0 aromatic carbocycles. The molecule has 3 saturated carbocycles. The van der Waals surface area contributed by atoms with Crippen molar-refractivity contribution in [3.05, 3.63) is 0 Å². The molecule has 2 nitrogen and oxygen atoms in total. The molecule has 3 aliphatic carbocycles. The van der Waals surface area contributed by atoms with Crippen molar-refractivity contribution in [1.82, 2.24) is 0 Å². The van der Waals surface area contributed by atoms with Crippen LogP contribution in [0, 0.1) is 17.8 Å². The third kappa shape index (κ3) is 1.02. The van der Waals surface area contributed by atoms with E-state index in [4.69, 9.17) is 0 Å². The Hall–Kier alpha value is -0.0800. The third-order valence-electron chi connectivity index (χ3n) is 4.62. The molecule has 3 rings (SSSR count). The summed E-state index contributed by atoms with van der Waals surface area (Å²) in [4.78, 5) is 0. The van der Waals surface area contributed by atoms with Gasteiger partial charge in [0, 0.05) is 0 Å². The molecule has 0 radical (unpaired) electrons. The van der Waals surface area contributed by atoms with E-state index in [0.717, 1.165) is 25.7 Å². The Morgan fingerprint density at radius 2 is 1.85 bits per heavy atom. The molecule has 0 heterocycles. The molecule has 74 valence electrons. The van der Waals surface area contributed by atoms with E-state index in [1.54, 1.807) is 0 Å². The van der Waals surface area contributed by atoms with Gasteiger partial charge in [-0.2, -0.15) is 0 Å². The molecule has 2 heteroatoms. The van der Waals surface area contributed by atoms with Gasteiger partial charge < -0.3 is 10.2 Å². The topological polar surface area (TPSA) is 40.5 Å². The molecular weight excluding hydrogens is 164 g/mol. The first-order valence-corrected chi connectivity index (χ1v) is 5.43. The van der Waals surface area contributed by atoms with Gasteiger partial charge in [-0.3, -0.25) is 0 Å². The van der Waals surface area contributed by atoms with Gasteiger partial charge in [-0.1, -0.05) is 0 Å². The zero-order valence-corrected chi connectivity index (χ0v) is 8.16. The minimum absolute atomic E-state index is 0.372. The van der Waals surface area contributed by atoms with Crippen LogP contribution in [0.15, 0.2) is 0 Å². The molecule has 0 aromatic heterocycles. The lowest BCUT2D eigenvalue weighted by Crippen LogP contribution is -2.44. The summed E-state index contributed by atoms with van der Waals surface area (Å²) in [5.41, 5.74) is -0.896. The van der Waals surface area contributed by atoms with Gasteiger partial charge in [0.2, 0.25) is 0 Å². The van der Waals surface area contributed by atoms with Crippen LogP contribution in [0.3, 0.4) is 0 Å². The average molecular weight is 182 g/mol. The fraction of sp³-hybridized carbons (Fsp3) is 1.00. The number of aliphatic hydroxyl groups is 2. The highest BCUT2D eigenvalue weighted by Gasteiger charge is 2.59. The molecule has 4 unspecified atom stereocenters. The molecule has 0 spiro atoms. The Labute approximate surface area is 79.0 Å². The first-order chi connectivity index (χ1) is 5.99. The summed E-state index contributed by atoms with van der Waals surface area (Å²) < 4.78 is 0. The number of hydrogen-bond donors (Lipinski definition) is 2. The summed E-state index contributed by atoms with van der Waals surface area (Å²) in [5.74, 6) is 1.56. The molecule has 0 aromatic rings. The van der Waals surface area contributed by atoms with E-state index in [-0.39, 0.29) is 0 Å². The summed E-state index contributed by atoms with van der Waals surface area (Å²) >= 11 is 0. The minimum atomic E-state index is -0.492. The monoisotopic (exact) mass is 182 g/mol. The number of hydrogen-bond acceptors (Lipinski definition) is 2. The van der Waals surface area contributed by atoms with Gasteiger partial charge in [0.15, 0.2) is 0 Å². The van der Waals surface area contributed by atoms with Crippen LogP contribution in [0.2, 0.25) is 0 Å². The van der Waals surface area contributed by atoms with E-state index < -0.39 is 11.2 Å². The SMILES string of the molecule is C[C@]1(O)CC2CC3CC(O)(C2)CC31. The van der Waals surface area contributed by atoms with Crippen molar-refractivity contribution >= 4 is 0 Å². The smallest absolute Gasteiger partial charge is 0.0657 e. The van der Waals surface area contributed by atoms with Crippen molar-refractivity contribution in [1.29, 1.82) is 0 Å². The quantitative estimate of drug-likeness (QED) is 0.593. The summed E-state index contributed by atoms with van der Waals surface area (Å²) in [5, 5.41) is 20.5. The average Bonchev–Trinajstić information content (AvgIpc) is 2.15. The summed E-state index contributed by atoms with van der Waals surface area (Å²) in [6.07, 6.45) is 4.90. The first kappa shape index (κ1) is 8.25. The molecule has 13 heavy (non-hydrogen) atoms. The maximum Gasteiger partial charge on any atom is 0.0657 e. The summed E-state index contributed by atoms with van der Waals surface area (Å²) in [7, 11) is 0. The van der Waals surface area contributed by atoms with Crippen molar-refractivity contribution in [2.45, 2.75) is 50.2 Å². The molecule has 5 atom stereocenters. The van der Waals surface area contributed by atoms with Crippen molar-refractivity contribution in [3.8, 4) is 0 Å². The molecule has 0 amide bonds. The standard InChI is InChI=1S/C11H18O2/c1-10(12)3-7-2-8-5-11(13,4-7)6-9(8)10/h7-9,12-13H,2-6H2,1H3/t7?,8?,9?,10-,11?/m0/s1. The zero-order valence-electron chi connectivity index (χ0n) is 8.16. The van der Waals surface area contributed by atoms with Crippen molar-refractivity contribution in [2.75, 3.05) is 0 Å². The van der Waals surface area contributed by atoms with Crippen LogP contribution in [0.5, 0.6) is 0 Å². The fourth-order valence-corrected chi connectivity index (χ4v) is 4.37. The van der Waals surface area contributed by atoms with Crippen LogP contribution in [-0.2, 0) is 0 Å². The van der Waals surface area contributed by atoms with Gasteiger partial charge in [0.25, 0.3) is 0 Å². The van der Waals surface area contributed by atoms with E-state index in [0.29, 0.717) is 17.8 Å². The van der Waals surface area contributed by atoms with E-state index in [2.05, 4.69) is 0 Å². The largest absolute Gasteiger partial charge is 0.390 e. The number of rotatable bonds is 0. The van der Waals surface area contributed by atoms with Crippen LogP contribution in [0.25, 0.3) is 0 Å². The normalized spacial score (nSPS) is 64.4. The minimum Gasteiger partial charge on any atom is -0.390 e. The van der Waals surface area contributed by atoms with Crippen LogP contribution in [0.4, 0.5) is 0 Å². The van der Waals surface area contributed by atoms with Gasteiger partial charge in [0.1, 0.15) is 0 Å². The van der Waals surface area contributed by atoms with Gasteiger partial charge in [0.05, 0.1) is 11.2 Å². The Kier molecular flexibility index (Phi) is 1.34. The highest BCUT2D eigenvalue weighted by atomic mass is 16.3. The molecule has 2 N–H and O–H groups in total. The predicted octanol–water partition coefficient (Wildman–Crippen LogP) is 1.31. The van der Waals surface area contributed by atoms with Gasteiger partial charge >= 0.3 is 0 Å². The van der Waals surface area contributed by atoms with Crippen LogP contribution in [0.1, 0.15) is 39.0 Å². The molecular formula is C11H18O2. The lowest BCUT2D eigenvalue weighted by Gasteiger charge is -2.44. The zero-order chi connectivity index (χ0) is 9.27. The second-order valence-corrected chi connectivity index (χ2v) is 5.87.